The topological polar surface area (TPSA) is 58.9 Å². The molecule has 0 amide bonds. The number of halogens is 4. The average Bonchev–Trinajstić information content (AvgIpc) is 2.59. The van der Waals surface area contributed by atoms with Crippen LogP contribution in [0.15, 0.2) is 24.3 Å². The Morgan fingerprint density at radius 1 is 0.577 bits per heavy atom. The van der Waals surface area contributed by atoms with Crippen LogP contribution in [0, 0.1) is 23.3 Å². The highest BCUT2D eigenvalue weighted by molar-refractivity contribution is 5.34. The minimum atomic E-state index is -1.08. The molecule has 2 rings (SSSR count). The summed E-state index contributed by atoms with van der Waals surface area (Å²) in [5.74, 6) is -6.41. The van der Waals surface area contributed by atoms with Crippen molar-refractivity contribution in [1.29, 1.82) is 0 Å². The molecule has 2 aromatic rings. The van der Waals surface area contributed by atoms with Crippen molar-refractivity contribution in [2.24, 2.45) is 0 Å². The maximum absolute atomic E-state index is 13.1. The fourth-order valence-corrected chi connectivity index (χ4v) is 2.19. The quantitative estimate of drug-likeness (QED) is 0.495. The molecule has 0 bridgehead atoms. The molecule has 4 nitrogen and oxygen atoms in total. The molecule has 0 radical (unpaired) electrons. The second kappa shape index (κ2) is 9.17. The number of hydrogen-bond acceptors (Lipinski definition) is 4. The molecular formula is C18H18F4O4. The first-order valence-corrected chi connectivity index (χ1v) is 8.00. The van der Waals surface area contributed by atoms with Gasteiger partial charge in [0.25, 0.3) is 0 Å². The van der Waals surface area contributed by atoms with Gasteiger partial charge in [0, 0.05) is 24.3 Å². The lowest BCUT2D eigenvalue weighted by Crippen LogP contribution is -2.01. The van der Waals surface area contributed by atoms with Crippen molar-refractivity contribution in [2.75, 3.05) is 13.2 Å². The maximum Gasteiger partial charge on any atom is 0.188 e. The summed E-state index contributed by atoms with van der Waals surface area (Å²) >= 11 is 0. The first-order chi connectivity index (χ1) is 12.4. The van der Waals surface area contributed by atoms with Gasteiger partial charge in [-0.25, -0.2) is 17.6 Å². The Hall–Kier alpha value is -2.64. The highest BCUT2D eigenvalue weighted by Crippen LogP contribution is 2.26. The number of aromatic hydroxyl groups is 2. The number of unbranched alkanes of at least 4 members (excludes halogenated alkanes) is 3. The summed E-state index contributed by atoms with van der Waals surface area (Å²) in [6.07, 6.45) is 2.77. The van der Waals surface area contributed by atoms with Crippen molar-refractivity contribution in [1.82, 2.24) is 0 Å². The van der Waals surface area contributed by atoms with Gasteiger partial charge in [-0.05, 0) is 25.7 Å². The standard InChI is InChI=1S/C18H18F4O4/c19-13-7-11(8-14(20)17(13)23)25-5-3-1-2-4-6-26-12-9-15(21)18(24)16(22)10-12/h7-10,23-24H,1-6H2. The number of rotatable bonds is 9. The van der Waals surface area contributed by atoms with Crippen LogP contribution in [0.4, 0.5) is 17.6 Å². The SMILES string of the molecule is Oc1c(F)cc(OCCCCCCOc2cc(F)c(O)c(F)c2)cc1F. The van der Waals surface area contributed by atoms with Crippen molar-refractivity contribution < 1.29 is 37.2 Å². The van der Waals surface area contributed by atoms with E-state index in [1.54, 1.807) is 0 Å². The van der Waals surface area contributed by atoms with Gasteiger partial charge in [-0.3, -0.25) is 0 Å². The second-order valence-corrected chi connectivity index (χ2v) is 5.58. The Labute approximate surface area is 147 Å². The van der Waals surface area contributed by atoms with Gasteiger partial charge < -0.3 is 19.7 Å². The number of benzene rings is 2. The molecule has 0 aliphatic carbocycles. The predicted molar refractivity (Wildman–Crippen MR) is 85.5 cm³/mol. The van der Waals surface area contributed by atoms with Gasteiger partial charge >= 0.3 is 0 Å². The summed E-state index contributed by atoms with van der Waals surface area (Å²) in [6.45, 7) is 0.498. The lowest BCUT2D eigenvalue weighted by molar-refractivity contribution is 0.282. The number of phenolic OH excluding ortho intramolecular Hbond substituents is 2. The molecule has 2 aromatic carbocycles. The van der Waals surface area contributed by atoms with E-state index < -0.39 is 34.8 Å². The van der Waals surface area contributed by atoms with Crippen LogP contribution in [0.2, 0.25) is 0 Å². The Morgan fingerprint density at radius 2 is 0.885 bits per heavy atom. The predicted octanol–water partition coefficient (Wildman–Crippen LogP) is 4.67. The van der Waals surface area contributed by atoms with Crippen LogP contribution in [-0.4, -0.2) is 23.4 Å². The van der Waals surface area contributed by atoms with Crippen LogP contribution >= 0.6 is 0 Å². The van der Waals surface area contributed by atoms with Crippen LogP contribution < -0.4 is 9.47 Å². The fourth-order valence-electron chi connectivity index (χ4n) is 2.19. The van der Waals surface area contributed by atoms with Crippen molar-refractivity contribution in [2.45, 2.75) is 25.7 Å². The Kier molecular flexibility index (Phi) is 6.94. The Morgan fingerprint density at radius 3 is 1.19 bits per heavy atom. The minimum absolute atomic E-state index is 0.00230. The van der Waals surface area contributed by atoms with Gasteiger partial charge in [-0.2, -0.15) is 0 Å². The van der Waals surface area contributed by atoms with Crippen molar-refractivity contribution in [3.05, 3.63) is 47.5 Å². The van der Waals surface area contributed by atoms with Gasteiger partial charge in [0.15, 0.2) is 34.8 Å². The summed E-state index contributed by atoms with van der Waals surface area (Å²) in [5, 5.41) is 18.0. The molecule has 2 N–H and O–H groups in total. The van der Waals surface area contributed by atoms with Crippen LogP contribution in [0.25, 0.3) is 0 Å². The summed E-state index contributed by atoms with van der Waals surface area (Å²) in [4.78, 5) is 0. The van der Waals surface area contributed by atoms with E-state index in [1.165, 1.54) is 0 Å². The maximum atomic E-state index is 13.1. The van der Waals surface area contributed by atoms with Crippen LogP contribution in [0.3, 0.4) is 0 Å². The average molecular weight is 374 g/mol. The zero-order chi connectivity index (χ0) is 19.1. The molecule has 0 heterocycles. The lowest BCUT2D eigenvalue weighted by atomic mass is 10.2. The van der Waals surface area contributed by atoms with Gasteiger partial charge in [0.2, 0.25) is 0 Å². The lowest BCUT2D eigenvalue weighted by Gasteiger charge is -2.09. The summed E-state index contributed by atoms with van der Waals surface area (Å²) in [6, 6.07) is 3.62. The molecule has 26 heavy (non-hydrogen) atoms. The van der Waals surface area contributed by atoms with Crippen molar-refractivity contribution in [3.8, 4) is 23.0 Å². The van der Waals surface area contributed by atoms with E-state index in [-0.39, 0.29) is 24.7 Å². The van der Waals surface area contributed by atoms with Gasteiger partial charge in [0.1, 0.15) is 11.5 Å². The Bertz CT molecular complexity index is 642. The summed E-state index contributed by atoms with van der Waals surface area (Å²) < 4.78 is 62.9. The molecule has 0 aromatic heterocycles. The molecule has 0 fully saturated rings. The molecule has 0 atom stereocenters. The largest absolute Gasteiger partial charge is 0.503 e. The van der Waals surface area contributed by atoms with E-state index in [9.17, 15) is 17.6 Å². The third-order valence-electron chi connectivity index (χ3n) is 3.56. The summed E-state index contributed by atoms with van der Waals surface area (Å²) in [7, 11) is 0. The van der Waals surface area contributed by atoms with Gasteiger partial charge in [-0.15, -0.1) is 0 Å². The zero-order valence-electron chi connectivity index (χ0n) is 13.8. The Balaban J connectivity index is 1.60. The first kappa shape index (κ1) is 19.7. The molecule has 8 heteroatoms. The van der Waals surface area contributed by atoms with Crippen molar-refractivity contribution in [3.63, 3.8) is 0 Å². The van der Waals surface area contributed by atoms with E-state index in [0.717, 1.165) is 37.1 Å². The summed E-state index contributed by atoms with van der Waals surface area (Å²) in [5.41, 5.74) is 0. The van der Waals surface area contributed by atoms with Gasteiger partial charge in [-0.1, -0.05) is 0 Å². The van der Waals surface area contributed by atoms with Gasteiger partial charge in [0.05, 0.1) is 13.2 Å². The number of hydrogen-bond donors (Lipinski definition) is 2. The zero-order valence-corrected chi connectivity index (χ0v) is 13.8. The van der Waals surface area contributed by atoms with E-state index in [0.29, 0.717) is 12.8 Å². The minimum Gasteiger partial charge on any atom is -0.503 e. The van der Waals surface area contributed by atoms with Crippen LogP contribution in [0.5, 0.6) is 23.0 Å². The molecule has 0 unspecified atom stereocenters. The monoisotopic (exact) mass is 374 g/mol. The smallest absolute Gasteiger partial charge is 0.188 e. The molecule has 142 valence electrons. The van der Waals surface area contributed by atoms with Crippen molar-refractivity contribution >= 4 is 0 Å². The molecule has 0 aliphatic rings. The van der Waals surface area contributed by atoms with E-state index in [2.05, 4.69) is 0 Å². The number of phenols is 2. The van der Waals surface area contributed by atoms with E-state index >= 15 is 0 Å². The van der Waals surface area contributed by atoms with Crippen LogP contribution in [0.1, 0.15) is 25.7 Å². The fraction of sp³-hybridized carbons (Fsp3) is 0.333. The van der Waals surface area contributed by atoms with E-state index in [4.69, 9.17) is 19.7 Å². The highest BCUT2D eigenvalue weighted by atomic mass is 19.1. The third-order valence-corrected chi connectivity index (χ3v) is 3.56. The normalized spacial score (nSPS) is 10.8. The number of ether oxygens (including phenoxy) is 2. The first-order valence-electron chi connectivity index (χ1n) is 8.00. The molecule has 0 spiro atoms. The van der Waals surface area contributed by atoms with Crippen LogP contribution in [-0.2, 0) is 0 Å². The highest BCUT2D eigenvalue weighted by Gasteiger charge is 2.11. The molecular weight excluding hydrogens is 356 g/mol. The molecule has 0 aliphatic heterocycles. The third kappa shape index (κ3) is 5.44. The van der Waals surface area contributed by atoms with E-state index in [1.807, 2.05) is 0 Å². The molecule has 0 saturated carbocycles. The second-order valence-electron chi connectivity index (χ2n) is 5.58. The molecule has 0 saturated heterocycles.